The molecular formula is C23H30BrNO4. The molecule has 2 rings (SSSR count). The van der Waals surface area contributed by atoms with Crippen molar-refractivity contribution in [3.63, 3.8) is 0 Å². The predicted octanol–water partition coefficient (Wildman–Crippen LogP) is 5.34. The fraction of sp³-hybridized carbons (Fsp3) is 0.435. The van der Waals surface area contributed by atoms with E-state index in [0.717, 1.165) is 39.8 Å². The van der Waals surface area contributed by atoms with Gasteiger partial charge in [-0.2, -0.15) is 0 Å². The van der Waals surface area contributed by atoms with Crippen molar-refractivity contribution < 1.29 is 19.0 Å². The first kappa shape index (κ1) is 23.1. The minimum atomic E-state index is -0.605. The summed E-state index contributed by atoms with van der Waals surface area (Å²) in [6.45, 7) is 8.85. The van der Waals surface area contributed by atoms with Crippen LogP contribution in [0.1, 0.15) is 43.4 Å². The normalized spacial score (nSPS) is 11.7. The van der Waals surface area contributed by atoms with Crippen molar-refractivity contribution in [1.29, 1.82) is 0 Å². The standard InChI is InChI=1S/C23H30BrNO4/c1-6-7-10-28-20-9-8-18(13-21(20)27-5)14-25-23(26)17(4)29-22-15(2)11-19(24)12-16(22)3/h8-9,11-13,17H,6-7,10,14H2,1-5H3,(H,25,26). The predicted molar refractivity (Wildman–Crippen MR) is 119 cm³/mol. The van der Waals surface area contributed by atoms with E-state index in [1.54, 1.807) is 14.0 Å². The van der Waals surface area contributed by atoms with Crippen LogP contribution in [0.3, 0.4) is 0 Å². The second-order valence-electron chi connectivity index (χ2n) is 7.03. The van der Waals surface area contributed by atoms with Crippen molar-refractivity contribution in [2.45, 2.75) is 53.2 Å². The third-order valence-corrected chi connectivity index (χ3v) is 5.00. The Hall–Kier alpha value is -2.21. The van der Waals surface area contributed by atoms with Crippen LogP contribution in [0.15, 0.2) is 34.8 Å². The molecule has 0 aliphatic heterocycles. The number of hydrogen-bond donors (Lipinski definition) is 1. The monoisotopic (exact) mass is 463 g/mol. The lowest BCUT2D eigenvalue weighted by Crippen LogP contribution is -2.36. The molecule has 1 amide bonds. The highest BCUT2D eigenvalue weighted by molar-refractivity contribution is 9.10. The van der Waals surface area contributed by atoms with Gasteiger partial charge in [0.05, 0.1) is 13.7 Å². The number of halogens is 1. The lowest BCUT2D eigenvalue weighted by atomic mass is 10.1. The van der Waals surface area contributed by atoms with E-state index in [-0.39, 0.29) is 5.91 Å². The Morgan fingerprint density at radius 2 is 1.83 bits per heavy atom. The summed E-state index contributed by atoms with van der Waals surface area (Å²) >= 11 is 3.47. The number of hydrogen-bond acceptors (Lipinski definition) is 4. The molecule has 2 aromatic carbocycles. The third-order valence-electron chi connectivity index (χ3n) is 4.54. The van der Waals surface area contributed by atoms with Gasteiger partial charge in [-0.25, -0.2) is 0 Å². The van der Waals surface area contributed by atoms with Crippen molar-refractivity contribution in [3.05, 3.63) is 51.5 Å². The fourth-order valence-corrected chi connectivity index (χ4v) is 3.60. The van der Waals surface area contributed by atoms with Gasteiger partial charge in [0.25, 0.3) is 5.91 Å². The van der Waals surface area contributed by atoms with Crippen LogP contribution in [-0.4, -0.2) is 25.7 Å². The van der Waals surface area contributed by atoms with E-state index in [4.69, 9.17) is 14.2 Å². The minimum Gasteiger partial charge on any atom is -0.493 e. The molecular weight excluding hydrogens is 434 g/mol. The lowest BCUT2D eigenvalue weighted by Gasteiger charge is -2.18. The zero-order chi connectivity index (χ0) is 21.4. The van der Waals surface area contributed by atoms with E-state index < -0.39 is 6.10 Å². The molecule has 1 N–H and O–H groups in total. The van der Waals surface area contributed by atoms with Crippen molar-refractivity contribution in [2.75, 3.05) is 13.7 Å². The lowest BCUT2D eigenvalue weighted by molar-refractivity contribution is -0.127. The first-order valence-electron chi connectivity index (χ1n) is 9.86. The maximum Gasteiger partial charge on any atom is 0.261 e. The molecule has 0 aliphatic carbocycles. The molecule has 158 valence electrons. The molecule has 0 saturated heterocycles. The molecule has 0 aromatic heterocycles. The zero-order valence-corrected chi connectivity index (χ0v) is 19.4. The second kappa shape index (κ2) is 11.1. The first-order chi connectivity index (χ1) is 13.8. The fourth-order valence-electron chi connectivity index (χ4n) is 2.91. The summed E-state index contributed by atoms with van der Waals surface area (Å²) in [6.07, 6.45) is 1.47. The number of benzene rings is 2. The number of carbonyl (C=O) groups is 1. The summed E-state index contributed by atoms with van der Waals surface area (Å²) in [5, 5.41) is 2.92. The highest BCUT2D eigenvalue weighted by Crippen LogP contribution is 2.29. The van der Waals surface area contributed by atoms with E-state index in [9.17, 15) is 4.79 Å². The number of aryl methyl sites for hydroxylation is 2. The van der Waals surface area contributed by atoms with E-state index in [1.165, 1.54) is 0 Å². The highest BCUT2D eigenvalue weighted by atomic mass is 79.9. The number of nitrogens with one attached hydrogen (secondary N) is 1. The van der Waals surface area contributed by atoms with Crippen LogP contribution in [0.5, 0.6) is 17.2 Å². The SMILES string of the molecule is CCCCOc1ccc(CNC(=O)C(C)Oc2c(C)cc(Br)cc2C)cc1OC. The van der Waals surface area contributed by atoms with Crippen LogP contribution in [0.4, 0.5) is 0 Å². The summed E-state index contributed by atoms with van der Waals surface area (Å²) in [5.74, 6) is 1.95. The van der Waals surface area contributed by atoms with Gasteiger partial charge in [0.15, 0.2) is 17.6 Å². The highest BCUT2D eigenvalue weighted by Gasteiger charge is 2.17. The van der Waals surface area contributed by atoms with Gasteiger partial charge in [0.1, 0.15) is 5.75 Å². The van der Waals surface area contributed by atoms with E-state index in [0.29, 0.717) is 24.7 Å². The molecule has 6 heteroatoms. The average Bonchev–Trinajstić information content (AvgIpc) is 2.69. The minimum absolute atomic E-state index is 0.172. The third kappa shape index (κ3) is 6.67. The van der Waals surface area contributed by atoms with E-state index in [2.05, 4.69) is 28.2 Å². The van der Waals surface area contributed by atoms with Gasteiger partial charge in [-0.3, -0.25) is 4.79 Å². The molecule has 0 bridgehead atoms. The second-order valence-corrected chi connectivity index (χ2v) is 7.95. The maximum atomic E-state index is 12.5. The van der Waals surface area contributed by atoms with Gasteiger partial charge in [-0.05, 0) is 68.1 Å². The average molecular weight is 464 g/mol. The molecule has 1 atom stereocenters. The van der Waals surface area contributed by atoms with Crippen molar-refractivity contribution in [2.24, 2.45) is 0 Å². The molecule has 0 fully saturated rings. The number of ether oxygens (including phenoxy) is 3. The Kier molecular flexibility index (Phi) is 8.83. The summed E-state index contributed by atoms with van der Waals surface area (Å²) in [4.78, 5) is 12.5. The van der Waals surface area contributed by atoms with E-state index in [1.807, 2.05) is 44.2 Å². The van der Waals surface area contributed by atoms with Gasteiger partial charge in [0, 0.05) is 11.0 Å². The number of carbonyl (C=O) groups excluding carboxylic acids is 1. The summed E-state index contributed by atoms with van der Waals surface area (Å²) in [5.41, 5.74) is 2.90. The number of amides is 1. The number of rotatable bonds is 10. The largest absolute Gasteiger partial charge is 0.493 e. The van der Waals surface area contributed by atoms with Gasteiger partial charge in [-0.15, -0.1) is 0 Å². The van der Waals surface area contributed by atoms with Crippen molar-refractivity contribution >= 4 is 21.8 Å². The number of unbranched alkanes of at least 4 members (excludes halogenated alkanes) is 1. The maximum absolute atomic E-state index is 12.5. The van der Waals surface area contributed by atoms with Gasteiger partial charge >= 0.3 is 0 Å². The van der Waals surface area contributed by atoms with Crippen molar-refractivity contribution in [3.8, 4) is 17.2 Å². The van der Waals surface area contributed by atoms with Crippen LogP contribution in [0.25, 0.3) is 0 Å². The first-order valence-corrected chi connectivity index (χ1v) is 10.7. The Morgan fingerprint density at radius 3 is 2.45 bits per heavy atom. The topological polar surface area (TPSA) is 56.8 Å². The molecule has 1 unspecified atom stereocenters. The van der Waals surface area contributed by atoms with E-state index >= 15 is 0 Å². The Labute approximate surface area is 181 Å². The molecule has 0 spiro atoms. The van der Waals surface area contributed by atoms with Crippen LogP contribution in [-0.2, 0) is 11.3 Å². The van der Waals surface area contributed by atoms with Crippen LogP contribution in [0.2, 0.25) is 0 Å². The molecule has 5 nitrogen and oxygen atoms in total. The molecule has 0 aliphatic rings. The van der Waals surface area contributed by atoms with Crippen molar-refractivity contribution in [1.82, 2.24) is 5.32 Å². The summed E-state index contributed by atoms with van der Waals surface area (Å²) in [6, 6.07) is 9.64. The van der Waals surface area contributed by atoms with Crippen LogP contribution < -0.4 is 19.5 Å². The molecule has 0 saturated carbocycles. The van der Waals surface area contributed by atoms with Gasteiger partial charge in [-0.1, -0.05) is 35.3 Å². The summed E-state index contributed by atoms with van der Waals surface area (Å²) < 4.78 is 18.1. The summed E-state index contributed by atoms with van der Waals surface area (Å²) in [7, 11) is 1.61. The molecule has 0 radical (unpaired) electrons. The molecule has 29 heavy (non-hydrogen) atoms. The molecule has 0 heterocycles. The van der Waals surface area contributed by atoms with Crippen LogP contribution in [0, 0.1) is 13.8 Å². The van der Waals surface area contributed by atoms with Gasteiger partial charge < -0.3 is 19.5 Å². The molecule has 2 aromatic rings. The Balaban J connectivity index is 1.96. The van der Waals surface area contributed by atoms with Crippen LogP contribution >= 0.6 is 15.9 Å². The Morgan fingerprint density at radius 1 is 1.14 bits per heavy atom. The Bertz CT molecular complexity index is 815. The smallest absolute Gasteiger partial charge is 0.261 e. The zero-order valence-electron chi connectivity index (χ0n) is 17.8. The quantitative estimate of drug-likeness (QED) is 0.483. The van der Waals surface area contributed by atoms with Gasteiger partial charge in [0.2, 0.25) is 0 Å². The number of methoxy groups -OCH3 is 1.